The predicted molar refractivity (Wildman–Crippen MR) is 61.4 cm³/mol. The van der Waals surface area contributed by atoms with Crippen LogP contribution < -0.4 is 0 Å². The van der Waals surface area contributed by atoms with E-state index < -0.39 is 8.22 Å². The third-order valence-corrected chi connectivity index (χ3v) is 3.98. The molecule has 0 aliphatic rings. The number of aromatic nitrogens is 2. The molecule has 72 valence electrons. The van der Waals surface area contributed by atoms with Crippen LogP contribution in [-0.4, -0.2) is 8.68 Å². The largest absolute Gasteiger partial charge is 0.313 e. The number of hydrogen-bond donors (Lipinski definition) is 0. The van der Waals surface area contributed by atoms with Crippen molar-refractivity contribution in [2.24, 2.45) is 0 Å². The number of allylic oxidation sites excluding steroid dienone is 1. The van der Waals surface area contributed by atoms with Crippen LogP contribution in [0.2, 0.25) is 0 Å². The minimum absolute atomic E-state index is 0.424. The van der Waals surface area contributed by atoms with E-state index in [1.54, 1.807) is 0 Å². The van der Waals surface area contributed by atoms with E-state index >= 15 is 0 Å². The Balaban J connectivity index is 2.34. The lowest BCUT2D eigenvalue weighted by Gasteiger charge is -2.15. The highest BCUT2D eigenvalue weighted by molar-refractivity contribution is 7.57. The van der Waals surface area contributed by atoms with Gasteiger partial charge in [0.25, 0.3) is 0 Å². The molecule has 2 aromatic heterocycles. The molecule has 0 bridgehead atoms. The summed E-state index contributed by atoms with van der Waals surface area (Å²) < 4.78 is 4.46. The highest BCUT2D eigenvalue weighted by Crippen LogP contribution is 2.40. The summed E-state index contributed by atoms with van der Waals surface area (Å²) in [6.07, 6.45) is 10.5. The minimum Gasteiger partial charge on any atom is -0.313 e. The van der Waals surface area contributed by atoms with Crippen LogP contribution >= 0.6 is 8.22 Å². The molecule has 0 unspecified atom stereocenters. The van der Waals surface area contributed by atoms with Gasteiger partial charge in [-0.3, -0.25) is 0 Å². The van der Waals surface area contributed by atoms with E-state index in [-0.39, 0.29) is 0 Å². The van der Waals surface area contributed by atoms with Gasteiger partial charge < -0.3 is 8.68 Å². The van der Waals surface area contributed by atoms with Gasteiger partial charge in [-0.2, -0.15) is 0 Å². The average Bonchev–Trinajstić information content (AvgIpc) is 2.87. The van der Waals surface area contributed by atoms with E-state index in [9.17, 15) is 0 Å². The standard InChI is InChI=1S/C11H13N2P/c1-2-11-14(12-7-3-4-8-12)13-9-5-6-10-13/h2-11H,1H3. The van der Waals surface area contributed by atoms with Gasteiger partial charge in [-0.05, 0) is 37.0 Å². The Labute approximate surface area is 85.3 Å². The molecule has 14 heavy (non-hydrogen) atoms. The van der Waals surface area contributed by atoms with Crippen LogP contribution in [0.25, 0.3) is 0 Å². The number of nitrogens with zero attached hydrogens (tertiary/aromatic N) is 2. The van der Waals surface area contributed by atoms with E-state index in [4.69, 9.17) is 0 Å². The van der Waals surface area contributed by atoms with Crippen molar-refractivity contribution < 1.29 is 0 Å². The lowest BCUT2D eigenvalue weighted by molar-refractivity contribution is 1.15. The number of rotatable bonds is 3. The molecule has 0 saturated heterocycles. The Morgan fingerprint density at radius 3 is 1.64 bits per heavy atom. The molecule has 0 aliphatic carbocycles. The fourth-order valence-corrected chi connectivity index (χ4v) is 3.00. The molecule has 0 spiro atoms. The van der Waals surface area contributed by atoms with Gasteiger partial charge in [-0.25, -0.2) is 0 Å². The minimum atomic E-state index is -0.424. The Morgan fingerprint density at radius 2 is 1.29 bits per heavy atom. The summed E-state index contributed by atoms with van der Waals surface area (Å²) in [7, 11) is -0.424. The normalized spacial score (nSPS) is 11.6. The van der Waals surface area contributed by atoms with E-state index in [1.807, 2.05) is 0 Å². The first-order valence-electron chi connectivity index (χ1n) is 4.60. The van der Waals surface area contributed by atoms with Crippen LogP contribution in [0.4, 0.5) is 0 Å². The Morgan fingerprint density at radius 1 is 0.857 bits per heavy atom. The fraction of sp³-hybridized carbons (Fsp3) is 0.0909. The Hall–Kier alpha value is -1.27. The van der Waals surface area contributed by atoms with Crippen LogP contribution in [-0.2, 0) is 0 Å². The molecule has 0 atom stereocenters. The van der Waals surface area contributed by atoms with Gasteiger partial charge in [-0.15, -0.1) is 0 Å². The average molecular weight is 204 g/mol. The molecule has 0 aromatic carbocycles. The zero-order valence-electron chi connectivity index (χ0n) is 8.12. The zero-order valence-corrected chi connectivity index (χ0v) is 9.01. The van der Waals surface area contributed by atoms with Crippen molar-refractivity contribution in [3.05, 3.63) is 60.9 Å². The maximum Gasteiger partial charge on any atom is 0.128 e. The van der Waals surface area contributed by atoms with Crippen LogP contribution in [0.1, 0.15) is 6.92 Å². The maximum absolute atomic E-state index is 2.23. The monoisotopic (exact) mass is 204 g/mol. The summed E-state index contributed by atoms with van der Waals surface area (Å²) in [5.74, 6) is 2.23. The summed E-state index contributed by atoms with van der Waals surface area (Å²) in [6.45, 7) is 2.06. The lowest BCUT2D eigenvalue weighted by atomic mass is 10.7. The first-order chi connectivity index (χ1) is 6.92. The SMILES string of the molecule is CC=CP(n1cccc1)n1cccc1. The molecule has 0 N–H and O–H groups in total. The zero-order chi connectivity index (χ0) is 9.80. The van der Waals surface area contributed by atoms with E-state index in [0.29, 0.717) is 0 Å². The fourth-order valence-electron chi connectivity index (χ4n) is 1.33. The van der Waals surface area contributed by atoms with Gasteiger partial charge in [0, 0.05) is 24.8 Å². The molecule has 0 amide bonds. The summed E-state index contributed by atoms with van der Waals surface area (Å²) in [5.41, 5.74) is 0. The third-order valence-electron chi connectivity index (χ3n) is 1.93. The van der Waals surface area contributed by atoms with Crippen molar-refractivity contribution in [2.75, 3.05) is 0 Å². The van der Waals surface area contributed by atoms with Crippen LogP contribution in [0.15, 0.2) is 60.9 Å². The van der Waals surface area contributed by atoms with E-state index in [0.717, 1.165) is 0 Å². The molecule has 2 aromatic rings. The van der Waals surface area contributed by atoms with Gasteiger partial charge in [0.05, 0.1) is 0 Å². The van der Waals surface area contributed by atoms with E-state index in [2.05, 4.69) is 76.5 Å². The Kier molecular flexibility index (Phi) is 2.85. The predicted octanol–water partition coefficient (Wildman–Crippen LogP) is 3.53. The Bertz CT molecular complexity index is 353. The molecule has 3 heteroatoms. The third kappa shape index (κ3) is 1.80. The van der Waals surface area contributed by atoms with E-state index in [1.165, 1.54) is 0 Å². The lowest BCUT2D eigenvalue weighted by Crippen LogP contribution is -1.93. The molecule has 0 saturated carbocycles. The molecule has 2 heterocycles. The highest BCUT2D eigenvalue weighted by atomic mass is 31.1. The quantitative estimate of drug-likeness (QED) is 0.677. The first-order valence-corrected chi connectivity index (χ1v) is 5.92. The summed E-state index contributed by atoms with van der Waals surface area (Å²) in [5, 5.41) is 0. The van der Waals surface area contributed by atoms with Gasteiger partial charge in [0.15, 0.2) is 0 Å². The highest BCUT2D eigenvalue weighted by Gasteiger charge is 2.05. The maximum atomic E-state index is 2.23. The summed E-state index contributed by atoms with van der Waals surface area (Å²) in [4.78, 5) is 0. The molecular formula is C11H13N2P. The molecule has 2 rings (SSSR count). The topological polar surface area (TPSA) is 9.86 Å². The van der Waals surface area contributed by atoms with Crippen molar-refractivity contribution in [3.8, 4) is 0 Å². The smallest absolute Gasteiger partial charge is 0.128 e. The molecule has 0 aliphatic heterocycles. The van der Waals surface area contributed by atoms with Gasteiger partial charge in [-0.1, -0.05) is 6.08 Å². The van der Waals surface area contributed by atoms with Gasteiger partial charge >= 0.3 is 0 Å². The van der Waals surface area contributed by atoms with Crippen molar-refractivity contribution >= 4 is 8.22 Å². The number of hydrogen-bond acceptors (Lipinski definition) is 0. The van der Waals surface area contributed by atoms with Crippen molar-refractivity contribution in [1.82, 2.24) is 8.68 Å². The summed E-state index contributed by atoms with van der Waals surface area (Å²) in [6, 6.07) is 8.23. The van der Waals surface area contributed by atoms with Gasteiger partial charge in [0.2, 0.25) is 0 Å². The first kappa shape index (κ1) is 9.29. The summed E-state index contributed by atoms with van der Waals surface area (Å²) >= 11 is 0. The van der Waals surface area contributed by atoms with Crippen molar-refractivity contribution in [1.29, 1.82) is 0 Å². The second-order valence-electron chi connectivity index (χ2n) is 2.93. The van der Waals surface area contributed by atoms with Gasteiger partial charge in [0.1, 0.15) is 8.22 Å². The molecule has 0 radical (unpaired) electrons. The van der Waals surface area contributed by atoms with Crippen molar-refractivity contribution in [3.63, 3.8) is 0 Å². The van der Waals surface area contributed by atoms with Crippen LogP contribution in [0.5, 0.6) is 0 Å². The molecular weight excluding hydrogens is 191 g/mol. The van der Waals surface area contributed by atoms with Crippen LogP contribution in [0, 0.1) is 0 Å². The molecule has 2 nitrogen and oxygen atoms in total. The second-order valence-corrected chi connectivity index (χ2v) is 4.79. The van der Waals surface area contributed by atoms with Crippen molar-refractivity contribution in [2.45, 2.75) is 6.92 Å². The van der Waals surface area contributed by atoms with Crippen LogP contribution in [0.3, 0.4) is 0 Å². The second kappa shape index (κ2) is 4.30. The molecule has 0 fully saturated rings.